The Morgan fingerprint density at radius 1 is 1.24 bits per heavy atom. The van der Waals surface area contributed by atoms with Crippen LogP contribution in [-0.4, -0.2) is 42.0 Å². The van der Waals surface area contributed by atoms with Crippen molar-refractivity contribution in [2.45, 2.75) is 39.2 Å². The monoisotopic (exact) mass is 345 g/mol. The van der Waals surface area contributed by atoms with E-state index < -0.39 is 6.09 Å². The van der Waals surface area contributed by atoms with Gasteiger partial charge in [-0.05, 0) is 44.4 Å². The molecule has 1 aromatic rings. The molecule has 25 heavy (non-hydrogen) atoms. The molecule has 1 aromatic carbocycles. The summed E-state index contributed by atoms with van der Waals surface area (Å²) in [5.74, 6) is -0.417. The van der Waals surface area contributed by atoms with Gasteiger partial charge in [0.25, 0.3) is 0 Å². The first kappa shape index (κ1) is 17.3. The minimum atomic E-state index is -0.532. The molecule has 1 atom stereocenters. The van der Waals surface area contributed by atoms with E-state index in [9.17, 15) is 14.4 Å². The van der Waals surface area contributed by atoms with Crippen LogP contribution in [0.5, 0.6) is 0 Å². The lowest BCUT2D eigenvalue weighted by molar-refractivity contribution is -0.128. The number of carbonyl (C=O) groups excluding carboxylic acids is 3. The minimum Gasteiger partial charge on any atom is -0.450 e. The molecule has 0 spiro atoms. The van der Waals surface area contributed by atoms with E-state index in [1.165, 1.54) is 0 Å². The Bertz CT molecular complexity index is 700. The summed E-state index contributed by atoms with van der Waals surface area (Å²) >= 11 is 0. The van der Waals surface area contributed by atoms with Crippen LogP contribution in [0.15, 0.2) is 18.2 Å². The summed E-state index contributed by atoms with van der Waals surface area (Å²) in [6.45, 7) is 4.33. The highest BCUT2D eigenvalue weighted by atomic mass is 16.5. The third kappa shape index (κ3) is 3.92. The predicted molar refractivity (Wildman–Crippen MR) is 93.3 cm³/mol. The lowest BCUT2D eigenvalue weighted by atomic mass is 10.1. The van der Waals surface area contributed by atoms with Gasteiger partial charge in [0.1, 0.15) is 0 Å². The van der Waals surface area contributed by atoms with Crippen LogP contribution in [0.25, 0.3) is 0 Å². The maximum absolute atomic E-state index is 12.5. The van der Waals surface area contributed by atoms with Gasteiger partial charge in [0.2, 0.25) is 11.8 Å². The first-order chi connectivity index (χ1) is 12.0. The van der Waals surface area contributed by atoms with Crippen molar-refractivity contribution < 1.29 is 19.1 Å². The summed E-state index contributed by atoms with van der Waals surface area (Å²) in [7, 11) is 0. The summed E-state index contributed by atoms with van der Waals surface area (Å²) in [6.07, 6.45) is 1.82. The summed E-state index contributed by atoms with van der Waals surface area (Å²) in [5, 5.41) is 5.55. The summed E-state index contributed by atoms with van der Waals surface area (Å²) in [5.41, 5.74) is 1.95. The summed E-state index contributed by atoms with van der Waals surface area (Å²) in [4.78, 5) is 38.0. The molecule has 1 aliphatic heterocycles. The number of carbonyl (C=O) groups is 3. The van der Waals surface area contributed by atoms with Crippen molar-refractivity contribution in [3.8, 4) is 0 Å². The number of benzene rings is 1. The quantitative estimate of drug-likeness (QED) is 0.858. The Balaban J connectivity index is 1.65. The Morgan fingerprint density at radius 2 is 1.92 bits per heavy atom. The normalized spacial score (nSPS) is 19.7. The van der Waals surface area contributed by atoms with Crippen LogP contribution in [0.1, 0.15) is 31.7 Å². The maximum atomic E-state index is 12.5. The van der Waals surface area contributed by atoms with Crippen LogP contribution in [0, 0.1) is 12.8 Å². The molecule has 0 radical (unpaired) electrons. The summed E-state index contributed by atoms with van der Waals surface area (Å²) < 4.78 is 4.87. The first-order valence-corrected chi connectivity index (χ1v) is 8.63. The van der Waals surface area contributed by atoms with Gasteiger partial charge in [-0.15, -0.1) is 0 Å². The van der Waals surface area contributed by atoms with Crippen molar-refractivity contribution in [3.63, 3.8) is 0 Å². The van der Waals surface area contributed by atoms with Crippen LogP contribution in [0.2, 0.25) is 0 Å². The van der Waals surface area contributed by atoms with Crippen LogP contribution >= 0.6 is 0 Å². The number of amides is 3. The maximum Gasteiger partial charge on any atom is 0.411 e. The molecule has 7 heteroatoms. The molecule has 1 aliphatic carbocycles. The third-order valence-corrected chi connectivity index (χ3v) is 4.62. The number of nitrogens with zero attached hydrogens (tertiary/aromatic N) is 1. The molecular formula is C18H23N3O4. The highest BCUT2D eigenvalue weighted by molar-refractivity contribution is 5.99. The molecule has 0 aromatic heterocycles. The van der Waals surface area contributed by atoms with Crippen molar-refractivity contribution in [1.29, 1.82) is 0 Å². The van der Waals surface area contributed by atoms with Crippen LogP contribution in [0.3, 0.4) is 0 Å². The minimum absolute atomic E-state index is 0.0668. The zero-order valence-electron chi connectivity index (χ0n) is 14.5. The van der Waals surface area contributed by atoms with Gasteiger partial charge in [0.05, 0.1) is 12.5 Å². The molecule has 3 rings (SSSR count). The SMILES string of the molecule is CCOC(=O)Nc1cccc(NC(=O)[C@H]2CC(=O)N(C3CC3)C2)c1C. The fourth-order valence-electron chi connectivity index (χ4n) is 3.06. The van der Waals surface area contributed by atoms with Crippen LogP contribution < -0.4 is 10.6 Å². The molecule has 0 bridgehead atoms. The van der Waals surface area contributed by atoms with E-state index in [0.717, 1.165) is 18.4 Å². The Hall–Kier alpha value is -2.57. The molecule has 3 amide bonds. The van der Waals surface area contributed by atoms with Gasteiger partial charge in [-0.3, -0.25) is 14.9 Å². The van der Waals surface area contributed by atoms with E-state index in [0.29, 0.717) is 24.0 Å². The van der Waals surface area contributed by atoms with Crippen molar-refractivity contribution in [1.82, 2.24) is 4.90 Å². The molecule has 134 valence electrons. The van der Waals surface area contributed by atoms with Gasteiger partial charge in [0.15, 0.2) is 0 Å². The molecule has 0 unspecified atom stereocenters. The Kier molecular flexibility index (Phi) is 4.92. The molecule has 1 saturated heterocycles. The van der Waals surface area contributed by atoms with E-state index in [-0.39, 0.29) is 30.8 Å². The van der Waals surface area contributed by atoms with E-state index in [2.05, 4.69) is 10.6 Å². The lowest BCUT2D eigenvalue weighted by Crippen LogP contribution is -2.30. The Morgan fingerprint density at radius 3 is 2.56 bits per heavy atom. The van der Waals surface area contributed by atoms with E-state index in [1.807, 2.05) is 11.8 Å². The fourth-order valence-corrected chi connectivity index (χ4v) is 3.06. The second-order valence-electron chi connectivity index (χ2n) is 6.49. The molecule has 7 nitrogen and oxygen atoms in total. The van der Waals surface area contributed by atoms with E-state index in [1.54, 1.807) is 25.1 Å². The largest absolute Gasteiger partial charge is 0.450 e. The topological polar surface area (TPSA) is 87.7 Å². The van der Waals surface area contributed by atoms with Gasteiger partial charge < -0.3 is 15.0 Å². The molecule has 1 saturated carbocycles. The van der Waals surface area contributed by atoms with Crippen molar-refractivity contribution in [2.24, 2.45) is 5.92 Å². The first-order valence-electron chi connectivity index (χ1n) is 8.63. The van der Waals surface area contributed by atoms with Gasteiger partial charge in [0, 0.05) is 30.4 Å². The number of hydrogen-bond acceptors (Lipinski definition) is 4. The number of hydrogen-bond donors (Lipinski definition) is 2. The second-order valence-corrected chi connectivity index (χ2v) is 6.49. The molecule has 2 N–H and O–H groups in total. The summed E-state index contributed by atoms with van der Waals surface area (Å²) in [6, 6.07) is 5.61. The second kappa shape index (κ2) is 7.13. The molecule has 2 aliphatic rings. The van der Waals surface area contributed by atoms with E-state index >= 15 is 0 Å². The highest BCUT2D eigenvalue weighted by Crippen LogP contribution is 2.33. The van der Waals surface area contributed by atoms with E-state index in [4.69, 9.17) is 4.74 Å². The van der Waals surface area contributed by atoms with Gasteiger partial charge >= 0.3 is 6.09 Å². The fraction of sp³-hybridized carbons (Fsp3) is 0.500. The zero-order chi connectivity index (χ0) is 18.0. The highest BCUT2D eigenvalue weighted by Gasteiger charge is 2.41. The number of ether oxygens (including phenoxy) is 1. The number of nitrogens with one attached hydrogen (secondary N) is 2. The zero-order valence-corrected chi connectivity index (χ0v) is 14.5. The average Bonchev–Trinajstić information content (AvgIpc) is 3.33. The number of anilines is 2. The van der Waals surface area contributed by atoms with Gasteiger partial charge in [-0.25, -0.2) is 4.79 Å². The van der Waals surface area contributed by atoms with Crippen molar-refractivity contribution in [2.75, 3.05) is 23.8 Å². The molecular weight excluding hydrogens is 322 g/mol. The lowest BCUT2D eigenvalue weighted by Gasteiger charge is -2.17. The standard InChI is InChI=1S/C18H23N3O4/c1-3-25-18(24)20-15-6-4-5-14(11(15)2)19-17(23)12-9-16(22)21(10-12)13-7-8-13/h4-6,12-13H,3,7-10H2,1-2H3,(H,19,23)(H,20,24)/t12-/m0/s1. The number of likely N-dealkylation sites (tertiary alicyclic amines) is 1. The van der Waals surface area contributed by atoms with Crippen molar-refractivity contribution >= 4 is 29.3 Å². The molecule has 2 fully saturated rings. The van der Waals surface area contributed by atoms with Crippen LogP contribution in [0.4, 0.5) is 16.2 Å². The van der Waals surface area contributed by atoms with Crippen LogP contribution in [-0.2, 0) is 14.3 Å². The Labute approximate surface area is 146 Å². The third-order valence-electron chi connectivity index (χ3n) is 4.62. The smallest absolute Gasteiger partial charge is 0.411 e. The number of rotatable bonds is 5. The van der Waals surface area contributed by atoms with Gasteiger partial charge in [-0.1, -0.05) is 6.07 Å². The average molecular weight is 345 g/mol. The van der Waals surface area contributed by atoms with Crippen molar-refractivity contribution in [3.05, 3.63) is 23.8 Å². The van der Waals surface area contributed by atoms with Gasteiger partial charge in [-0.2, -0.15) is 0 Å². The molecule has 1 heterocycles. The predicted octanol–water partition coefficient (Wildman–Crippen LogP) is 2.51.